The summed E-state index contributed by atoms with van der Waals surface area (Å²) in [4.78, 5) is 21.7. The minimum atomic E-state index is -0.0279. The highest BCUT2D eigenvalue weighted by Crippen LogP contribution is 2.27. The van der Waals surface area contributed by atoms with Crippen LogP contribution in [0.2, 0.25) is 5.02 Å². The number of rotatable bonds is 2. The van der Waals surface area contributed by atoms with Crippen molar-refractivity contribution in [2.75, 3.05) is 30.3 Å². The highest BCUT2D eigenvalue weighted by Gasteiger charge is 2.28. The van der Waals surface area contributed by atoms with Gasteiger partial charge in [-0.2, -0.15) is 4.98 Å². The van der Waals surface area contributed by atoms with E-state index < -0.39 is 0 Å². The van der Waals surface area contributed by atoms with E-state index in [0.717, 1.165) is 24.0 Å². The highest BCUT2D eigenvalue weighted by atomic mass is 35.5. The fourth-order valence-corrected chi connectivity index (χ4v) is 3.75. The minimum Gasteiger partial charge on any atom is -0.423 e. The Morgan fingerprint density at radius 2 is 2.04 bits per heavy atom. The minimum absolute atomic E-state index is 0.0279. The molecule has 2 aromatic carbocycles. The van der Waals surface area contributed by atoms with Crippen molar-refractivity contribution < 1.29 is 9.21 Å². The second-order valence-corrected chi connectivity index (χ2v) is 7.76. The van der Waals surface area contributed by atoms with Gasteiger partial charge in [0.25, 0.3) is 11.9 Å². The number of nitrogens with two attached hydrogens (primary N) is 1. The molecule has 0 bridgehead atoms. The Hall–Kier alpha value is -2.73. The lowest BCUT2D eigenvalue weighted by atomic mass is 10.1. The van der Waals surface area contributed by atoms with Gasteiger partial charge in [0, 0.05) is 36.4 Å². The first-order valence-corrected chi connectivity index (χ1v) is 9.78. The van der Waals surface area contributed by atoms with Crippen molar-refractivity contribution in [3.8, 4) is 0 Å². The van der Waals surface area contributed by atoms with Crippen LogP contribution in [0.5, 0.6) is 0 Å². The second kappa shape index (κ2) is 7.36. The number of carbonyl (C=O) groups is 1. The van der Waals surface area contributed by atoms with Gasteiger partial charge in [-0.1, -0.05) is 23.2 Å². The molecule has 1 aliphatic rings. The number of oxazole rings is 1. The van der Waals surface area contributed by atoms with Gasteiger partial charge in [0.2, 0.25) is 0 Å². The zero-order valence-electron chi connectivity index (χ0n) is 16.0. The predicted molar refractivity (Wildman–Crippen MR) is 112 cm³/mol. The highest BCUT2D eigenvalue weighted by molar-refractivity contribution is 6.31. The molecule has 1 aromatic heterocycles. The number of hydrogen-bond acceptors (Lipinski definition) is 5. The van der Waals surface area contributed by atoms with Gasteiger partial charge in [-0.3, -0.25) is 4.79 Å². The van der Waals surface area contributed by atoms with Gasteiger partial charge in [0.1, 0.15) is 5.52 Å². The third-order valence-corrected chi connectivity index (χ3v) is 5.50. The van der Waals surface area contributed by atoms with Gasteiger partial charge in [-0.15, -0.1) is 0 Å². The van der Waals surface area contributed by atoms with Crippen LogP contribution in [-0.2, 0) is 0 Å². The zero-order valence-corrected chi connectivity index (χ0v) is 16.7. The third-order valence-electron chi connectivity index (χ3n) is 5.27. The quantitative estimate of drug-likeness (QED) is 0.657. The maximum Gasteiger partial charge on any atom is 0.298 e. The van der Waals surface area contributed by atoms with E-state index in [2.05, 4.69) is 16.8 Å². The number of nitrogen functional groups attached to an aromatic ring is 1. The predicted octanol–water partition coefficient (Wildman–Crippen LogP) is 4.11. The molecule has 7 heteroatoms. The number of benzene rings is 2. The van der Waals surface area contributed by atoms with Gasteiger partial charge >= 0.3 is 0 Å². The summed E-state index contributed by atoms with van der Waals surface area (Å²) in [6, 6.07) is 11.6. The first-order valence-electron chi connectivity index (χ1n) is 9.40. The molecule has 1 atom stereocenters. The normalized spacial score (nSPS) is 17.8. The summed E-state index contributed by atoms with van der Waals surface area (Å²) in [6.07, 6.45) is 0.816. The number of amides is 1. The number of carbonyl (C=O) groups excluding carboxylic acids is 1. The van der Waals surface area contributed by atoms with Crippen LogP contribution in [0.1, 0.15) is 29.3 Å². The Labute approximate surface area is 168 Å². The molecule has 1 saturated heterocycles. The van der Waals surface area contributed by atoms with Gasteiger partial charge < -0.3 is 20.0 Å². The van der Waals surface area contributed by atoms with Crippen LogP contribution in [-0.4, -0.2) is 41.5 Å². The molecule has 1 aliphatic heterocycles. The Balaban J connectivity index is 1.55. The summed E-state index contributed by atoms with van der Waals surface area (Å²) in [6.45, 7) is 6.01. The van der Waals surface area contributed by atoms with Crippen LogP contribution in [0, 0.1) is 6.92 Å². The Kier molecular flexibility index (Phi) is 4.89. The molecule has 1 fully saturated rings. The Morgan fingerprint density at radius 1 is 1.21 bits per heavy atom. The molecule has 6 nitrogen and oxygen atoms in total. The SMILES string of the molecule is Cc1ccc(N)c(C(=O)N2CCN(c3nc4cc(Cl)ccc4o3)CCC2C)c1. The van der Waals surface area contributed by atoms with Gasteiger partial charge in [0.05, 0.1) is 5.56 Å². The maximum absolute atomic E-state index is 13.1. The molecule has 1 unspecified atom stereocenters. The average molecular weight is 399 g/mol. The fraction of sp³-hybridized carbons (Fsp3) is 0.333. The summed E-state index contributed by atoms with van der Waals surface area (Å²) in [5.74, 6) is -0.0279. The van der Waals surface area contributed by atoms with E-state index in [0.29, 0.717) is 41.0 Å². The molecule has 0 aliphatic carbocycles. The van der Waals surface area contributed by atoms with Crippen molar-refractivity contribution in [1.29, 1.82) is 0 Å². The van der Waals surface area contributed by atoms with E-state index >= 15 is 0 Å². The lowest BCUT2D eigenvalue weighted by molar-refractivity contribution is 0.0706. The second-order valence-electron chi connectivity index (χ2n) is 7.32. The van der Waals surface area contributed by atoms with Crippen molar-refractivity contribution >= 4 is 40.3 Å². The van der Waals surface area contributed by atoms with Crippen LogP contribution in [0.4, 0.5) is 11.7 Å². The average Bonchev–Trinajstić information content (AvgIpc) is 2.98. The molecule has 1 amide bonds. The smallest absolute Gasteiger partial charge is 0.298 e. The number of nitrogens with zero attached hydrogens (tertiary/aromatic N) is 3. The number of hydrogen-bond donors (Lipinski definition) is 1. The number of halogens is 1. The van der Waals surface area contributed by atoms with Gasteiger partial charge in [-0.25, -0.2) is 0 Å². The summed E-state index contributed by atoms with van der Waals surface area (Å²) in [5.41, 5.74) is 9.60. The first kappa shape index (κ1) is 18.6. The molecule has 0 spiro atoms. The molecule has 4 rings (SSSR count). The Bertz CT molecular complexity index is 1030. The van der Waals surface area contributed by atoms with E-state index in [1.165, 1.54) is 0 Å². The first-order chi connectivity index (χ1) is 13.4. The lowest BCUT2D eigenvalue weighted by Crippen LogP contribution is -2.40. The largest absolute Gasteiger partial charge is 0.423 e. The molecule has 0 saturated carbocycles. The van der Waals surface area contributed by atoms with E-state index in [4.69, 9.17) is 21.8 Å². The number of aromatic nitrogens is 1. The molecular weight excluding hydrogens is 376 g/mol. The van der Waals surface area contributed by atoms with Crippen LogP contribution in [0.25, 0.3) is 11.1 Å². The summed E-state index contributed by atoms with van der Waals surface area (Å²) in [7, 11) is 0. The zero-order chi connectivity index (χ0) is 19.8. The fourth-order valence-electron chi connectivity index (χ4n) is 3.59. The molecule has 2 heterocycles. The Morgan fingerprint density at radius 3 is 2.86 bits per heavy atom. The molecule has 28 heavy (non-hydrogen) atoms. The number of anilines is 2. The molecule has 146 valence electrons. The van der Waals surface area contributed by atoms with E-state index in [-0.39, 0.29) is 11.9 Å². The van der Waals surface area contributed by atoms with Crippen molar-refractivity contribution in [2.24, 2.45) is 0 Å². The maximum atomic E-state index is 13.1. The summed E-state index contributed by atoms with van der Waals surface area (Å²) < 4.78 is 5.90. The number of fused-ring (bicyclic) bond motifs is 1. The number of aryl methyl sites for hydroxylation is 1. The van der Waals surface area contributed by atoms with Crippen LogP contribution in [0.3, 0.4) is 0 Å². The summed E-state index contributed by atoms with van der Waals surface area (Å²) in [5, 5.41) is 0.629. The van der Waals surface area contributed by atoms with Crippen LogP contribution < -0.4 is 10.6 Å². The monoisotopic (exact) mass is 398 g/mol. The van der Waals surface area contributed by atoms with Crippen molar-refractivity contribution in [1.82, 2.24) is 9.88 Å². The van der Waals surface area contributed by atoms with Crippen molar-refractivity contribution in [3.63, 3.8) is 0 Å². The van der Waals surface area contributed by atoms with E-state index in [1.54, 1.807) is 18.2 Å². The molecule has 3 aromatic rings. The summed E-state index contributed by atoms with van der Waals surface area (Å²) >= 11 is 6.05. The molecular formula is C21H23ClN4O2. The van der Waals surface area contributed by atoms with Gasteiger partial charge in [0.15, 0.2) is 5.58 Å². The molecule has 0 radical (unpaired) electrons. The van der Waals surface area contributed by atoms with Crippen LogP contribution in [0.15, 0.2) is 40.8 Å². The van der Waals surface area contributed by atoms with E-state index in [1.807, 2.05) is 30.0 Å². The van der Waals surface area contributed by atoms with E-state index in [9.17, 15) is 4.79 Å². The van der Waals surface area contributed by atoms with Crippen LogP contribution >= 0.6 is 11.6 Å². The molecule has 2 N–H and O–H groups in total. The van der Waals surface area contributed by atoms with Crippen molar-refractivity contribution in [3.05, 3.63) is 52.5 Å². The van der Waals surface area contributed by atoms with Gasteiger partial charge in [-0.05, 0) is 50.6 Å². The third kappa shape index (κ3) is 3.52. The lowest BCUT2D eigenvalue weighted by Gasteiger charge is -2.27. The topological polar surface area (TPSA) is 75.6 Å². The van der Waals surface area contributed by atoms with Crippen molar-refractivity contribution in [2.45, 2.75) is 26.3 Å². The standard InChI is InChI=1S/C21H23ClN4O2/c1-13-3-5-17(23)16(11-13)20(27)26-10-9-25(8-7-14(26)2)21-24-18-12-15(22)4-6-19(18)28-21/h3-6,11-12,14H,7-10,23H2,1-2H3.